The highest BCUT2D eigenvalue weighted by Gasteiger charge is 1.97. The van der Waals surface area contributed by atoms with E-state index in [1.807, 2.05) is 0 Å². The van der Waals surface area contributed by atoms with Crippen LogP contribution in [0.4, 0.5) is 0 Å². The first-order valence-corrected chi connectivity index (χ1v) is 4.24. The van der Waals surface area contributed by atoms with Crippen LogP contribution in [0.25, 0.3) is 10.8 Å². The van der Waals surface area contributed by atoms with Gasteiger partial charge in [-0.1, -0.05) is 47.4 Å². The van der Waals surface area contributed by atoms with Crippen LogP contribution in [-0.2, 0) is 0 Å². The van der Waals surface area contributed by atoms with Gasteiger partial charge in [0.1, 0.15) is 7.85 Å². The molecule has 2 aromatic rings. The van der Waals surface area contributed by atoms with Crippen molar-refractivity contribution in [2.24, 2.45) is 0 Å². The molecule has 0 saturated heterocycles. The van der Waals surface area contributed by atoms with Crippen LogP contribution in [0.3, 0.4) is 0 Å². The minimum Gasteiger partial charge on any atom is -0.0784 e. The van der Waals surface area contributed by atoms with Gasteiger partial charge in [-0.3, -0.25) is 0 Å². The second-order valence-electron chi connectivity index (χ2n) is 3.23. The van der Waals surface area contributed by atoms with Gasteiger partial charge in [-0.2, -0.15) is 0 Å². The Morgan fingerprint density at radius 1 is 1.00 bits per heavy atom. The first-order chi connectivity index (χ1) is 5.79. The molecule has 0 aliphatic carbocycles. The van der Waals surface area contributed by atoms with Crippen LogP contribution in [0.2, 0.25) is 0 Å². The Kier molecular flexibility index (Phi) is 1.65. The average Bonchev–Trinajstić information content (AvgIpc) is 2.12. The Balaban J connectivity index is 2.91. The molecule has 12 heavy (non-hydrogen) atoms. The second-order valence-corrected chi connectivity index (χ2v) is 3.23. The van der Waals surface area contributed by atoms with E-state index in [4.69, 9.17) is 0 Å². The largest absolute Gasteiger partial charge is 0.140 e. The topological polar surface area (TPSA) is 0 Å². The van der Waals surface area contributed by atoms with Crippen molar-refractivity contribution in [3.63, 3.8) is 0 Å². The van der Waals surface area contributed by atoms with Crippen LogP contribution >= 0.6 is 0 Å². The third-order valence-electron chi connectivity index (χ3n) is 2.47. The molecule has 0 atom stereocenters. The summed E-state index contributed by atoms with van der Waals surface area (Å²) < 4.78 is 0. The van der Waals surface area contributed by atoms with Gasteiger partial charge in [-0.05, 0) is 17.7 Å². The Hall–Kier alpha value is -1.24. The first kappa shape index (κ1) is 7.42. The molecule has 0 amide bonds. The van der Waals surface area contributed by atoms with Gasteiger partial charge in [-0.15, -0.1) is 0 Å². The van der Waals surface area contributed by atoms with Crippen molar-refractivity contribution in [2.45, 2.75) is 6.92 Å². The van der Waals surface area contributed by atoms with Crippen molar-refractivity contribution < 1.29 is 0 Å². The van der Waals surface area contributed by atoms with E-state index in [2.05, 4.69) is 51.2 Å². The molecule has 0 bridgehead atoms. The van der Waals surface area contributed by atoms with Crippen LogP contribution in [-0.4, -0.2) is 7.85 Å². The summed E-state index contributed by atoms with van der Waals surface area (Å²) >= 11 is 0. The van der Waals surface area contributed by atoms with Crippen LogP contribution in [0, 0.1) is 6.92 Å². The number of hydrogen-bond donors (Lipinski definition) is 0. The molecular formula is C11H11B. The zero-order valence-electron chi connectivity index (χ0n) is 7.46. The third-order valence-corrected chi connectivity index (χ3v) is 2.47. The number of fused-ring (bicyclic) bond motifs is 1. The molecule has 0 aliphatic heterocycles. The molecule has 0 unspecified atom stereocenters. The van der Waals surface area contributed by atoms with Crippen molar-refractivity contribution in [1.82, 2.24) is 0 Å². The standard InChI is InChI=1S/C11H11B/c1-8-6-7-9-4-2-3-5-10(9)11(8)12/h2-7H,12H2,1H3. The third kappa shape index (κ3) is 1.02. The quantitative estimate of drug-likeness (QED) is 0.503. The van der Waals surface area contributed by atoms with E-state index in [-0.39, 0.29) is 0 Å². The van der Waals surface area contributed by atoms with E-state index >= 15 is 0 Å². The fourth-order valence-electron chi connectivity index (χ4n) is 1.54. The number of benzene rings is 2. The maximum atomic E-state index is 2.18. The monoisotopic (exact) mass is 154 g/mol. The summed E-state index contributed by atoms with van der Waals surface area (Å²) in [7, 11) is 2.18. The van der Waals surface area contributed by atoms with Crippen molar-refractivity contribution in [3.8, 4) is 0 Å². The Morgan fingerprint density at radius 2 is 1.75 bits per heavy atom. The maximum absolute atomic E-state index is 2.18. The lowest BCUT2D eigenvalue weighted by molar-refractivity contribution is 1.54. The lowest BCUT2D eigenvalue weighted by atomic mass is 9.86. The van der Waals surface area contributed by atoms with Gasteiger partial charge < -0.3 is 0 Å². The molecule has 0 radical (unpaired) electrons. The van der Waals surface area contributed by atoms with E-state index in [0.29, 0.717) is 0 Å². The molecule has 0 spiro atoms. The van der Waals surface area contributed by atoms with Gasteiger partial charge in [0.25, 0.3) is 0 Å². The SMILES string of the molecule is Bc1c(C)ccc2ccccc12. The van der Waals surface area contributed by atoms with Crippen LogP contribution in [0.15, 0.2) is 36.4 Å². The van der Waals surface area contributed by atoms with Gasteiger partial charge in [0, 0.05) is 0 Å². The molecule has 2 rings (SSSR count). The molecular weight excluding hydrogens is 143 g/mol. The predicted octanol–water partition coefficient (Wildman–Crippen LogP) is 1.41. The highest BCUT2D eigenvalue weighted by molar-refractivity contribution is 6.39. The minimum absolute atomic E-state index is 1.33. The number of hydrogen-bond acceptors (Lipinski definition) is 0. The Labute approximate surface area is 73.6 Å². The predicted molar refractivity (Wildman–Crippen MR) is 56.9 cm³/mol. The Morgan fingerprint density at radius 3 is 2.58 bits per heavy atom. The first-order valence-electron chi connectivity index (χ1n) is 4.24. The van der Waals surface area contributed by atoms with Gasteiger partial charge >= 0.3 is 0 Å². The van der Waals surface area contributed by atoms with Crippen molar-refractivity contribution >= 4 is 24.1 Å². The van der Waals surface area contributed by atoms with Gasteiger partial charge in [-0.25, -0.2) is 0 Å². The fraction of sp³-hybridized carbons (Fsp3) is 0.0909. The molecule has 0 nitrogen and oxygen atoms in total. The molecule has 0 heterocycles. The molecule has 0 N–H and O–H groups in total. The zero-order chi connectivity index (χ0) is 8.55. The molecule has 0 aliphatic rings. The highest BCUT2D eigenvalue weighted by atomic mass is 14.0. The number of rotatable bonds is 0. The molecule has 58 valence electrons. The van der Waals surface area contributed by atoms with Crippen LogP contribution in [0.5, 0.6) is 0 Å². The van der Waals surface area contributed by atoms with Crippen molar-refractivity contribution in [2.75, 3.05) is 0 Å². The van der Waals surface area contributed by atoms with E-state index in [9.17, 15) is 0 Å². The van der Waals surface area contributed by atoms with E-state index in [0.717, 1.165) is 0 Å². The minimum atomic E-state index is 1.33. The summed E-state index contributed by atoms with van der Waals surface area (Å²) in [5.41, 5.74) is 2.77. The maximum Gasteiger partial charge on any atom is 0.140 e. The summed E-state index contributed by atoms with van der Waals surface area (Å²) in [5.74, 6) is 0. The van der Waals surface area contributed by atoms with Gasteiger partial charge in [0.15, 0.2) is 0 Å². The molecule has 0 fully saturated rings. The summed E-state index contributed by atoms with van der Waals surface area (Å²) in [6.07, 6.45) is 0. The summed E-state index contributed by atoms with van der Waals surface area (Å²) in [4.78, 5) is 0. The van der Waals surface area contributed by atoms with Gasteiger partial charge in [0.05, 0.1) is 0 Å². The molecule has 0 saturated carbocycles. The second kappa shape index (κ2) is 2.67. The van der Waals surface area contributed by atoms with E-state index in [1.54, 1.807) is 0 Å². The highest BCUT2D eigenvalue weighted by Crippen LogP contribution is 2.11. The Bertz CT molecular complexity index is 418. The summed E-state index contributed by atoms with van der Waals surface area (Å²) in [6, 6.07) is 12.9. The van der Waals surface area contributed by atoms with E-state index < -0.39 is 0 Å². The lowest BCUT2D eigenvalue weighted by Crippen LogP contribution is -2.07. The summed E-state index contributed by atoms with van der Waals surface area (Å²) in [6.45, 7) is 2.15. The molecule has 1 heteroatoms. The fourth-order valence-corrected chi connectivity index (χ4v) is 1.54. The van der Waals surface area contributed by atoms with E-state index in [1.165, 1.54) is 21.8 Å². The smallest absolute Gasteiger partial charge is 0.0784 e. The average molecular weight is 154 g/mol. The normalized spacial score (nSPS) is 10.4. The van der Waals surface area contributed by atoms with Crippen LogP contribution in [0.1, 0.15) is 5.56 Å². The van der Waals surface area contributed by atoms with Crippen molar-refractivity contribution in [3.05, 3.63) is 42.0 Å². The number of aryl methyl sites for hydroxylation is 1. The van der Waals surface area contributed by atoms with Gasteiger partial charge in [0.2, 0.25) is 0 Å². The van der Waals surface area contributed by atoms with Crippen LogP contribution < -0.4 is 5.46 Å². The summed E-state index contributed by atoms with van der Waals surface area (Å²) in [5, 5.41) is 2.71. The molecule has 0 aromatic heterocycles. The lowest BCUT2D eigenvalue weighted by Gasteiger charge is -2.04. The molecule has 2 aromatic carbocycles. The van der Waals surface area contributed by atoms with Crippen molar-refractivity contribution in [1.29, 1.82) is 0 Å². The zero-order valence-corrected chi connectivity index (χ0v) is 7.46.